The second kappa shape index (κ2) is 7.98. The van der Waals surface area contributed by atoms with Crippen molar-refractivity contribution in [1.29, 1.82) is 0 Å². The molecule has 2 aromatic rings. The van der Waals surface area contributed by atoms with Crippen LogP contribution in [0.2, 0.25) is 0 Å². The van der Waals surface area contributed by atoms with Gasteiger partial charge in [0.1, 0.15) is 11.6 Å². The van der Waals surface area contributed by atoms with Gasteiger partial charge in [-0.15, -0.1) is 0 Å². The van der Waals surface area contributed by atoms with Crippen molar-refractivity contribution in [2.45, 2.75) is 46.5 Å². The maximum absolute atomic E-state index is 12.7. The topological polar surface area (TPSA) is 9.23 Å². The van der Waals surface area contributed by atoms with E-state index in [2.05, 4.69) is 25.1 Å². The Morgan fingerprint density at radius 3 is 2.45 bits per heavy atom. The number of aryl methyl sites for hydroxylation is 4. The highest BCUT2D eigenvalue weighted by atomic mass is 19.1. The Hall–Kier alpha value is -1.83. The van der Waals surface area contributed by atoms with Crippen LogP contribution in [0.25, 0.3) is 0 Å². The van der Waals surface area contributed by atoms with Crippen molar-refractivity contribution in [3.8, 4) is 5.75 Å². The number of fused-ring (bicyclic) bond motifs is 1. The summed E-state index contributed by atoms with van der Waals surface area (Å²) in [4.78, 5) is 0. The molecule has 22 heavy (non-hydrogen) atoms. The monoisotopic (exact) mass is 300 g/mol. The van der Waals surface area contributed by atoms with Crippen LogP contribution in [0.1, 0.15) is 42.0 Å². The van der Waals surface area contributed by atoms with E-state index in [0.717, 1.165) is 29.9 Å². The van der Waals surface area contributed by atoms with Gasteiger partial charge in [0.15, 0.2) is 0 Å². The van der Waals surface area contributed by atoms with E-state index in [0.29, 0.717) is 0 Å². The number of halogens is 1. The summed E-state index contributed by atoms with van der Waals surface area (Å²) in [5.74, 6) is 1.04. The van der Waals surface area contributed by atoms with Crippen LogP contribution in [0, 0.1) is 19.7 Å². The number of ether oxygens (including phenoxy) is 1. The molecule has 0 N–H and O–H groups in total. The molecule has 0 atom stereocenters. The molecule has 0 bridgehead atoms. The SMILES string of the molecule is CCCc1ccc2c(c1)OCCC2.Cc1cccc(C)c1F. The lowest BCUT2D eigenvalue weighted by molar-refractivity contribution is 0.288. The Balaban J connectivity index is 0.000000172. The molecule has 0 fully saturated rings. The predicted molar refractivity (Wildman–Crippen MR) is 90.1 cm³/mol. The van der Waals surface area contributed by atoms with Crippen molar-refractivity contribution in [2.24, 2.45) is 0 Å². The van der Waals surface area contributed by atoms with Gasteiger partial charge in [0.25, 0.3) is 0 Å². The molecule has 2 heteroatoms. The molecule has 0 spiro atoms. The minimum atomic E-state index is -0.0856. The summed E-state index contributed by atoms with van der Waals surface area (Å²) in [6.07, 6.45) is 4.72. The summed E-state index contributed by atoms with van der Waals surface area (Å²) in [5.41, 5.74) is 4.22. The Labute approximate surface area is 133 Å². The van der Waals surface area contributed by atoms with E-state index in [1.165, 1.54) is 30.4 Å². The molecular weight excluding hydrogens is 275 g/mol. The third-order valence-electron chi connectivity index (χ3n) is 3.90. The summed E-state index contributed by atoms with van der Waals surface area (Å²) >= 11 is 0. The maximum Gasteiger partial charge on any atom is 0.129 e. The highest BCUT2D eigenvalue weighted by Crippen LogP contribution is 2.26. The standard InChI is InChI=1S/C12H16O.C8H9F/c1-2-4-10-6-7-11-5-3-8-13-12(11)9-10;1-6-4-3-5-7(2)8(6)9/h6-7,9H,2-5,8H2,1H3;3-5H,1-2H3. The molecule has 118 valence electrons. The molecule has 2 aromatic carbocycles. The fraction of sp³-hybridized carbons (Fsp3) is 0.400. The summed E-state index contributed by atoms with van der Waals surface area (Å²) in [6, 6.07) is 12.0. The lowest BCUT2D eigenvalue weighted by Crippen LogP contribution is -2.08. The van der Waals surface area contributed by atoms with Gasteiger partial charge in [0, 0.05) is 0 Å². The Kier molecular flexibility index (Phi) is 6.00. The normalized spacial score (nSPS) is 12.7. The van der Waals surface area contributed by atoms with E-state index in [4.69, 9.17) is 4.74 Å². The van der Waals surface area contributed by atoms with Crippen LogP contribution in [0.5, 0.6) is 5.75 Å². The van der Waals surface area contributed by atoms with Crippen LogP contribution in [-0.4, -0.2) is 6.61 Å². The van der Waals surface area contributed by atoms with Gasteiger partial charge in [-0.25, -0.2) is 4.39 Å². The summed E-state index contributed by atoms with van der Waals surface area (Å²) in [5, 5.41) is 0. The molecule has 0 unspecified atom stereocenters. The van der Waals surface area contributed by atoms with Crippen LogP contribution in [0.4, 0.5) is 4.39 Å². The number of hydrogen-bond acceptors (Lipinski definition) is 1. The van der Waals surface area contributed by atoms with Gasteiger partial charge in [0.2, 0.25) is 0 Å². The van der Waals surface area contributed by atoms with Crippen molar-refractivity contribution in [3.63, 3.8) is 0 Å². The first-order valence-corrected chi connectivity index (χ1v) is 8.08. The Morgan fingerprint density at radius 1 is 1.09 bits per heavy atom. The zero-order valence-electron chi connectivity index (χ0n) is 13.8. The second-order valence-corrected chi connectivity index (χ2v) is 5.85. The summed E-state index contributed by atoms with van der Waals surface area (Å²) in [6.45, 7) is 6.63. The molecule has 1 aliphatic heterocycles. The smallest absolute Gasteiger partial charge is 0.129 e. The quantitative estimate of drug-likeness (QED) is 0.721. The van der Waals surface area contributed by atoms with E-state index < -0.39 is 0 Å². The minimum Gasteiger partial charge on any atom is -0.493 e. The predicted octanol–water partition coefficient (Wildman–Crippen LogP) is 5.41. The summed E-state index contributed by atoms with van der Waals surface area (Å²) in [7, 11) is 0. The van der Waals surface area contributed by atoms with Gasteiger partial charge >= 0.3 is 0 Å². The van der Waals surface area contributed by atoms with E-state index in [1.807, 2.05) is 6.07 Å². The molecule has 3 rings (SSSR count). The Morgan fingerprint density at radius 2 is 1.82 bits per heavy atom. The van der Waals surface area contributed by atoms with Crippen LogP contribution >= 0.6 is 0 Å². The first-order chi connectivity index (χ1) is 10.6. The van der Waals surface area contributed by atoms with E-state index in [9.17, 15) is 4.39 Å². The van der Waals surface area contributed by atoms with Crippen LogP contribution in [0.15, 0.2) is 36.4 Å². The van der Waals surface area contributed by atoms with Crippen molar-refractivity contribution in [3.05, 3.63) is 64.5 Å². The fourth-order valence-corrected chi connectivity index (χ4v) is 2.62. The molecule has 0 saturated heterocycles. The Bertz CT molecular complexity index is 599. The van der Waals surface area contributed by atoms with E-state index >= 15 is 0 Å². The molecule has 1 aliphatic rings. The fourth-order valence-electron chi connectivity index (χ4n) is 2.62. The molecule has 0 aliphatic carbocycles. The van der Waals surface area contributed by atoms with Gasteiger partial charge in [-0.1, -0.05) is 43.7 Å². The average Bonchev–Trinajstić information content (AvgIpc) is 2.53. The molecule has 1 heterocycles. The van der Waals surface area contributed by atoms with Crippen molar-refractivity contribution >= 4 is 0 Å². The van der Waals surface area contributed by atoms with E-state index in [-0.39, 0.29) is 5.82 Å². The maximum atomic E-state index is 12.7. The van der Waals surface area contributed by atoms with Crippen LogP contribution < -0.4 is 4.74 Å². The zero-order chi connectivity index (χ0) is 15.9. The highest BCUT2D eigenvalue weighted by Gasteiger charge is 2.09. The van der Waals surface area contributed by atoms with Crippen LogP contribution in [0.3, 0.4) is 0 Å². The second-order valence-electron chi connectivity index (χ2n) is 5.85. The lowest BCUT2D eigenvalue weighted by Gasteiger charge is -2.17. The number of benzene rings is 2. The van der Waals surface area contributed by atoms with Crippen molar-refractivity contribution < 1.29 is 9.13 Å². The lowest BCUT2D eigenvalue weighted by atomic mass is 10.0. The molecule has 0 amide bonds. The number of hydrogen-bond donors (Lipinski definition) is 0. The largest absolute Gasteiger partial charge is 0.493 e. The number of rotatable bonds is 2. The molecule has 0 radical (unpaired) electrons. The highest BCUT2D eigenvalue weighted by molar-refractivity contribution is 5.38. The minimum absolute atomic E-state index is 0.0856. The molecule has 1 nitrogen and oxygen atoms in total. The average molecular weight is 300 g/mol. The van der Waals surface area contributed by atoms with Gasteiger partial charge in [0.05, 0.1) is 6.61 Å². The first kappa shape index (κ1) is 16.5. The van der Waals surface area contributed by atoms with E-state index in [1.54, 1.807) is 26.0 Å². The van der Waals surface area contributed by atoms with Crippen LogP contribution in [-0.2, 0) is 12.8 Å². The van der Waals surface area contributed by atoms with Gasteiger partial charge in [-0.3, -0.25) is 0 Å². The molecule has 0 aromatic heterocycles. The third kappa shape index (κ3) is 4.33. The zero-order valence-corrected chi connectivity index (χ0v) is 13.8. The van der Waals surface area contributed by atoms with Gasteiger partial charge < -0.3 is 4.74 Å². The van der Waals surface area contributed by atoms with Gasteiger partial charge in [-0.05, 0) is 61.4 Å². The molecular formula is C20H25FO. The summed E-state index contributed by atoms with van der Waals surface area (Å²) < 4.78 is 18.3. The third-order valence-corrected chi connectivity index (χ3v) is 3.90. The van der Waals surface area contributed by atoms with Gasteiger partial charge in [-0.2, -0.15) is 0 Å². The molecule has 0 saturated carbocycles. The van der Waals surface area contributed by atoms with Crippen molar-refractivity contribution in [2.75, 3.05) is 6.61 Å². The van der Waals surface area contributed by atoms with Crippen molar-refractivity contribution in [1.82, 2.24) is 0 Å². The first-order valence-electron chi connectivity index (χ1n) is 8.08.